The fourth-order valence-corrected chi connectivity index (χ4v) is 2.23. The molecule has 1 N–H and O–H groups in total. The summed E-state index contributed by atoms with van der Waals surface area (Å²) in [5.41, 5.74) is 1.02. The average molecular weight is 208 g/mol. The molecule has 2 heterocycles. The van der Waals surface area contributed by atoms with Crippen LogP contribution in [0.15, 0.2) is 12.1 Å². The molecule has 4 nitrogen and oxygen atoms in total. The fourth-order valence-electron chi connectivity index (χ4n) is 2.23. The Balaban J connectivity index is 2.06. The van der Waals surface area contributed by atoms with Crippen LogP contribution in [0, 0.1) is 0 Å². The highest BCUT2D eigenvalue weighted by atomic mass is 16.7. The number of hydrogen-bond donors (Lipinski definition) is 1. The fraction of sp³-hybridized carbons (Fsp3) is 0.455. The highest BCUT2D eigenvalue weighted by Crippen LogP contribution is 2.47. The molecule has 0 spiro atoms. The minimum absolute atomic E-state index is 0.160. The highest BCUT2D eigenvalue weighted by Gasteiger charge is 2.39. The lowest BCUT2D eigenvalue weighted by Crippen LogP contribution is -2.13. The summed E-state index contributed by atoms with van der Waals surface area (Å²) in [7, 11) is 1.52. The molecule has 3 rings (SSSR count). The number of hydrogen-bond acceptors (Lipinski definition) is 4. The van der Waals surface area contributed by atoms with Crippen LogP contribution in [0.5, 0.6) is 17.2 Å². The Morgan fingerprint density at radius 1 is 1.47 bits per heavy atom. The van der Waals surface area contributed by atoms with Gasteiger partial charge in [0.2, 0.25) is 6.29 Å². The van der Waals surface area contributed by atoms with E-state index in [1.165, 1.54) is 7.11 Å². The highest BCUT2D eigenvalue weighted by molar-refractivity contribution is 5.53. The van der Waals surface area contributed by atoms with Crippen molar-refractivity contribution in [2.75, 3.05) is 13.7 Å². The summed E-state index contributed by atoms with van der Waals surface area (Å²) in [5, 5.41) is 9.67. The number of phenols is 1. The molecule has 0 unspecified atom stereocenters. The maximum Gasteiger partial charge on any atom is 0.206 e. The second-order valence-electron chi connectivity index (χ2n) is 3.81. The van der Waals surface area contributed by atoms with E-state index >= 15 is 0 Å². The first-order valence-electron chi connectivity index (χ1n) is 4.99. The number of methoxy groups -OCH3 is 1. The van der Waals surface area contributed by atoms with Crippen LogP contribution in [0.1, 0.15) is 17.9 Å². The van der Waals surface area contributed by atoms with Crippen molar-refractivity contribution >= 4 is 0 Å². The Bertz CT molecular complexity index is 402. The summed E-state index contributed by atoms with van der Waals surface area (Å²) in [6, 6.07) is 3.43. The van der Waals surface area contributed by atoms with E-state index in [1.807, 2.05) is 0 Å². The Morgan fingerprint density at radius 2 is 2.33 bits per heavy atom. The number of fused-ring (bicyclic) bond motifs is 3. The molecule has 2 aliphatic rings. The predicted octanol–water partition coefficient (Wildman–Crippen LogP) is 1.62. The van der Waals surface area contributed by atoms with Gasteiger partial charge in [-0.2, -0.15) is 0 Å². The molecule has 2 aliphatic heterocycles. The molecular weight excluding hydrogens is 196 g/mol. The molecule has 80 valence electrons. The van der Waals surface area contributed by atoms with E-state index < -0.39 is 0 Å². The third kappa shape index (κ3) is 1.18. The van der Waals surface area contributed by atoms with Crippen LogP contribution < -0.4 is 9.47 Å². The maximum absolute atomic E-state index is 9.67. The van der Waals surface area contributed by atoms with Gasteiger partial charge in [-0.1, -0.05) is 0 Å². The van der Waals surface area contributed by atoms with Crippen molar-refractivity contribution in [3.8, 4) is 17.2 Å². The average Bonchev–Trinajstić information content (AvgIpc) is 2.77. The van der Waals surface area contributed by atoms with E-state index in [4.69, 9.17) is 14.2 Å². The molecule has 0 bridgehead atoms. The lowest BCUT2D eigenvalue weighted by atomic mass is 9.98. The van der Waals surface area contributed by atoms with Crippen molar-refractivity contribution in [1.29, 1.82) is 0 Å². The molecule has 1 fully saturated rings. The van der Waals surface area contributed by atoms with Gasteiger partial charge in [-0.25, -0.2) is 0 Å². The van der Waals surface area contributed by atoms with Gasteiger partial charge in [-0.3, -0.25) is 0 Å². The number of rotatable bonds is 1. The number of benzene rings is 1. The summed E-state index contributed by atoms with van der Waals surface area (Å²) < 4.78 is 16.1. The lowest BCUT2D eigenvalue weighted by molar-refractivity contribution is -0.0337. The van der Waals surface area contributed by atoms with Gasteiger partial charge in [0, 0.05) is 11.6 Å². The Morgan fingerprint density at radius 3 is 3.13 bits per heavy atom. The molecule has 0 saturated carbocycles. The smallest absolute Gasteiger partial charge is 0.206 e. The van der Waals surface area contributed by atoms with E-state index in [2.05, 4.69) is 0 Å². The topological polar surface area (TPSA) is 47.9 Å². The first kappa shape index (κ1) is 8.85. The number of phenolic OH excluding ortho intramolecular Hbond substituents is 1. The summed E-state index contributed by atoms with van der Waals surface area (Å²) in [5.74, 6) is 1.62. The van der Waals surface area contributed by atoms with E-state index in [9.17, 15) is 5.11 Å². The molecule has 0 aromatic heterocycles. The van der Waals surface area contributed by atoms with Gasteiger partial charge in [0.1, 0.15) is 5.75 Å². The maximum atomic E-state index is 9.67. The predicted molar refractivity (Wildman–Crippen MR) is 52.4 cm³/mol. The van der Waals surface area contributed by atoms with Crippen LogP contribution in [0.3, 0.4) is 0 Å². The van der Waals surface area contributed by atoms with Gasteiger partial charge < -0.3 is 19.3 Å². The van der Waals surface area contributed by atoms with Crippen LogP contribution in [0.25, 0.3) is 0 Å². The van der Waals surface area contributed by atoms with Crippen molar-refractivity contribution in [2.45, 2.75) is 18.6 Å². The Kier molecular flexibility index (Phi) is 1.79. The third-order valence-electron chi connectivity index (χ3n) is 2.99. The lowest BCUT2D eigenvalue weighted by Gasteiger charge is -2.07. The Hall–Kier alpha value is -1.42. The van der Waals surface area contributed by atoms with Crippen LogP contribution in [-0.2, 0) is 4.74 Å². The van der Waals surface area contributed by atoms with Crippen LogP contribution in [-0.4, -0.2) is 25.1 Å². The number of ether oxygens (including phenoxy) is 3. The van der Waals surface area contributed by atoms with Crippen molar-refractivity contribution in [2.24, 2.45) is 0 Å². The van der Waals surface area contributed by atoms with Crippen LogP contribution >= 0.6 is 0 Å². The summed E-state index contributed by atoms with van der Waals surface area (Å²) in [4.78, 5) is 0. The SMILES string of the molecule is COc1cc2c(cc1O)[C@H]1CCO[C@H]1O2. The second kappa shape index (κ2) is 3.03. The van der Waals surface area contributed by atoms with Gasteiger partial charge in [0.25, 0.3) is 0 Å². The molecule has 1 aromatic carbocycles. The summed E-state index contributed by atoms with van der Waals surface area (Å²) in [6.07, 6.45) is 0.773. The minimum atomic E-state index is -0.175. The minimum Gasteiger partial charge on any atom is -0.504 e. The van der Waals surface area contributed by atoms with Crippen LogP contribution in [0.4, 0.5) is 0 Å². The molecule has 1 aromatic rings. The monoisotopic (exact) mass is 208 g/mol. The van der Waals surface area contributed by atoms with Crippen molar-refractivity contribution in [1.82, 2.24) is 0 Å². The largest absolute Gasteiger partial charge is 0.504 e. The van der Waals surface area contributed by atoms with E-state index in [0.29, 0.717) is 5.75 Å². The quantitative estimate of drug-likeness (QED) is 0.761. The van der Waals surface area contributed by atoms with E-state index in [1.54, 1.807) is 12.1 Å². The molecule has 0 amide bonds. The van der Waals surface area contributed by atoms with E-state index in [-0.39, 0.29) is 18.0 Å². The Labute approximate surface area is 87.4 Å². The van der Waals surface area contributed by atoms with Crippen molar-refractivity contribution < 1.29 is 19.3 Å². The summed E-state index contributed by atoms with van der Waals surface area (Å²) in [6.45, 7) is 0.724. The molecule has 15 heavy (non-hydrogen) atoms. The first-order valence-corrected chi connectivity index (χ1v) is 4.99. The zero-order valence-corrected chi connectivity index (χ0v) is 8.40. The van der Waals surface area contributed by atoms with Crippen LogP contribution in [0.2, 0.25) is 0 Å². The van der Waals surface area contributed by atoms with E-state index in [0.717, 1.165) is 24.3 Å². The molecule has 0 radical (unpaired) electrons. The van der Waals surface area contributed by atoms with Crippen molar-refractivity contribution in [3.63, 3.8) is 0 Å². The molecule has 0 aliphatic carbocycles. The summed E-state index contributed by atoms with van der Waals surface area (Å²) >= 11 is 0. The third-order valence-corrected chi connectivity index (χ3v) is 2.99. The van der Waals surface area contributed by atoms with Crippen molar-refractivity contribution in [3.05, 3.63) is 17.7 Å². The standard InChI is InChI=1S/C11H12O4/c1-13-10-5-9-7(4-8(10)12)6-2-3-14-11(6)15-9/h4-6,11-12H,2-3H2,1H3/t6-,11+/m1/s1. The molecule has 2 atom stereocenters. The van der Waals surface area contributed by atoms with Gasteiger partial charge >= 0.3 is 0 Å². The first-order chi connectivity index (χ1) is 7.29. The van der Waals surface area contributed by atoms with Gasteiger partial charge in [0.05, 0.1) is 19.6 Å². The normalized spacial score (nSPS) is 27.0. The molecule has 4 heteroatoms. The molecular formula is C11H12O4. The number of aromatic hydroxyl groups is 1. The zero-order chi connectivity index (χ0) is 10.4. The zero-order valence-electron chi connectivity index (χ0n) is 8.40. The van der Waals surface area contributed by atoms with Gasteiger partial charge in [-0.05, 0) is 12.5 Å². The van der Waals surface area contributed by atoms with Gasteiger partial charge in [0.15, 0.2) is 11.5 Å². The van der Waals surface area contributed by atoms with Gasteiger partial charge in [-0.15, -0.1) is 0 Å². The molecule has 1 saturated heterocycles. The second-order valence-corrected chi connectivity index (χ2v) is 3.81.